The summed E-state index contributed by atoms with van der Waals surface area (Å²) >= 11 is 0. The Bertz CT molecular complexity index is 957. The molecule has 3 aliphatic heterocycles. The molecule has 0 spiro atoms. The van der Waals surface area contributed by atoms with Crippen LogP contribution in [0.3, 0.4) is 0 Å². The predicted molar refractivity (Wildman–Crippen MR) is 123 cm³/mol. The first kappa shape index (κ1) is 22.1. The number of ether oxygens (including phenoxy) is 1. The number of nitrogens with zero attached hydrogens (tertiary/aromatic N) is 4. The fraction of sp³-hybridized carbons (Fsp3) is 0.560. The molecule has 33 heavy (non-hydrogen) atoms. The van der Waals surface area contributed by atoms with E-state index in [1.54, 1.807) is 10.7 Å². The van der Waals surface area contributed by atoms with Crippen LogP contribution in [0.1, 0.15) is 34.9 Å². The normalized spacial score (nSPS) is 25.8. The van der Waals surface area contributed by atoms with E-state index in [-0.39, 0.29) is 23.8 Å². The van der Waals surface area contributed by atoms with Crippen molar-refractivity contribution in [1.82, 2.24) is 24.9 Å². The first-order chi connectivity index (χ1) is 16.1. The minimum atomic E-state index is -0.0371. The average Bonchev–Trinajstić information content (AvgIpc) is 3.61. The number of benzene rings is 1. The second-order valence-electron chi connectivity index (χ2n) is 9.69. The number of aryl methyl sites for hydroxylation is 1. The lowest BCUT2D eigenvalue weighted by Crippen LogP contribution is -2.37. The summed E-state index contributed by atoms with van der Waals surface area (Å²) < 4.78 is 7.08. The number of rotatable bonds is 7. The van der Waals surface area contributed by atoms with Gasteiger partial charge in [-0.05, 0) is 36.3 Å². The molecule has 4 heterocycles. The molecule has 8 nitrogen and oxygen atoms in total. The van der Waals surface area contributed by atoms with Gasteiger partial charge in [-0.2, -0.15) is 5.10 Å². The molecule has 2 aromatic rings. The molecule has 1 N–H and O–H groups in total. The van der Waals surface area contributed by atoms with E-state index in [9.17, 15) is 9.59 Å². The molecule has 0 radical (unpaired) electrons. The zero-order valence-electron chi connectivity index (χ0n) is 19.2. The second kappa shape index (κ2) is 9.65. The Morgan fingerprint density at radius 1 is 1.12 bits per heavy atom. The summed E-state index contributed by atoms with van der Waals surface area (Å²) in [5, 5.41) is 7.55. The smallest absolute Gasteiger partial charge is 0.274 e. The van der Waals surface area contributed by atoms with Gasteiger partial charge in [0.05, 0.1) is 18.6 Å². The molecule has 0 aliphatic carbocycles. The minimum Gasteiger partial charge on any atom is -0.381 e. The molecule has 2 amide bonds. The van der Waals surface area contributed by atoms with Crippen molar-refractivity contribution in [1.29, 1.82) is 0 Å². The Kier molecular flexibility index (Phi) is 6.46. The van der Waals surface area contributed by atoms with Crippen LogP contribution in [0, 0.1) is 17.8 Å². The van der Waals surface area contributed by atoms with Crippen molar-refractivity contribution in [3.05, 3.63) is 53.9 Å². The van der Waals surface area contributed by atoms with Crippen molar-refractivity contribution in [2.24, 2.45) is 24.8 Å². The first-order valence-electron chi connectivity index (χ1n) is 12.0. The Morgan fingerprint density at radius 3 is 2.52 bits per heavy atom. The molecule has 8 heteroatoms. The van der Waals surface area contributed by atoms with Crippen LogP contribution >= 0.6 is 0 Å². The fourth-order valence-corrected chi connectivity index (χ4v) is 5.48. The van der Waals surface area contributed by atoms with Crippen molar-refractivity contribution in [2.75, 3.05) is 45.9 Å². The molecule has 3 aliphatic rings. The summed E-state index contributed by atoms with van der Waals surface area (Å²) in [5.74, 6) is 1.13. The molecule has 176 valence electrons. The molecule has 3 fully saturated rings. The van der Waals surface area contributed by atoms with E-state index < -0.39 is 0 Å². The van der Waals surface area contributed by atoms with E-state index in [0.717, 1.165) is 51.1 Å². The van der Waals surface area contributed by atoms with Crippen LogP contribution in [0.4, 0.5) is 0 Å². The summed E-state index contributed by atoms with van der Waals surface area (Å²) in [6.07, 6.45) is 3.49. The largest absolute Gasteiger partial charge is 0.381 e. The molecular formula is C25H33N5O3. The lowest BCUT2D eigenvalue weighted by Gasteiger charge is -2.25. The summed E-state index contributed by atoms with van der Waals surface area (Å²) in [6, 6.07) is 12.0. The topological polar surface area (TPSA) is 79.7 Å². The van der Waals surface area contributed by atoms with Gasteiger partial charge in [0.25, 0.3) is 5.91 Å². The highest BCUT2D eigenvalue weighted by Gasteiger charge is 2.42. The first-order valence-corrected chi connectivity index (χ1v) is 12.0. The van der Waals surface area contributed by atoms with Crippen molar-refractivity contribution in [3.63, 3.8) is 0 Å². The van der Waals surface area contributed by atoms with Gasteiger partial charge in [-0.3, -0.25) is 14.3 Å². The molecular weight excluding hydrogens is 418 g/mol. The summed E-state index contributed by atoms with van der Waals surface area (Å²) in [6.45, 7) is 5.74. The van der Waals surface area contributed by atoms with Crippen molar-refractivity contribution < 1.29 is 14.3 Å². The van der Waals surface area contributed by atoms with Crippen LogP contribution in [0.25, 0.3) is 0 Å². The molecule has 1 aromatic carbocycles. The molecule has 3 unspecified atom stereocenters. The number of nitrogens with one attached hydrogen (secondary N) is 1. The predicted octanol–water partition coefficient (Wildman–Crippen LogP) is 1.71. The van der Waals surface area contributed by atoms with Crippen LogP contribution in [-0.2, 0) is 16.6 Å². The number of aromatic nitrogens is 2. The van der Waals surface area contributed by atoms with Gasteiger partial charge < -0.3 is 19.9 Å². The number of carbonyl (C=O) groups excluding carboxylic acids is 2. The van der Waals surface area contributed by atoms with Gasteiger partial charge in [0.1, 0.15) is 5.69 Å². The highest BCUT2D eigenvalue weighted by Crippen LogP contribution is 2.32. The van der Waals surface area contributed by atoms with Gasteiger partial charge in [0.2, 0.25) is 5.91 Å². The lowest BCUT2D eigenvalue weighted by molar-refractivity contribution is -0.125. The third kappa shape index (κ3) is 4.96. The van der Waals surface area contributed by atoms with Gasteiger partial charge in [0.15, 0.2) is 0 Å². The van der Waals surface area contributed by atoms with Gasteiger partial charge >= 0.3 is 0 Å². The summed E-state index contributed by atoms with van der Waals surface area (Å²) in [7, 11) is 1.83. The maximum absolute atomic E-state index is 12.8. The molecule has 3 saturated heterocycles. The van der Waals surface area contributed by atoms with E-state index in [0.29, 0.717) is 30.7 Å². The Morgan fingerprint density at radius 2 is 1.88 bits per heavy atom. The van der Waals surface area contributed by atoms with Crippen LogP contribution in [0.15, 0.2) is 42.6 Å². The van der Waals surface area contributed by atoms with Crippen LogP contribution < -0.4 is 5.32 Å². The van der Waals surface area contributed by atoms with Crippen LogP contribution in [0.2, 0.25) is 0 Å². The Hall–Kier alpha value is -2.71. The maximum atomic E-state index is 12.8. The minimum absolute atomic E-state index is 0.00183. The van der Waals surface area contributed by atoms with Crippen LogP contribution in [-0.4, -0.2) is 77.3 Å². The second-order valence-corrected chi connectivity index (χ2v) is 9.69. The lowest BCUT2D eigenvalue weighted by atomic mass is 10.0. The highest BCUT2D eigenvalue weighted by atomic mass is 16.5. The number of carbonyl (C=O) groups is 2. The van der Waals surface area contributed by atoms with Crippen molar-refractivity contribution in [3.8, 4) is 0 Å². The zero-order valence-corrected chi connectivity index (χ0v) is 19.2. The Labute approximate surface area is 194 Å². The number of amides is 2. The molecule has 0 bridgehead atoms. The average molecular weight is 452 g/mol. The van der Waals surface area contributed by atoms with E-state index in [2.05, 4.69) is 27.4 Å². The summed E-state index contributed by atoms with van der Waals surface area (Å²) in [5.41, 5.74) is 1.68. The highest BCUT2D eigenvalue weighted by molar-refractivity contribution is 5.92. The maximum Gasteiger partial charge on any atom is 0.274 e. The van der Waals surface area contributed by atoms with E-state index in [1.165, 1.54) is 0 Å². The Balaban J connectivity index is 1.15. The van der Waals surface area contributed by atoms with Crippen molar-refractivity contribution >= 4 is 11.8 Å². The number of likely N-dealkylation sites (tertiary alicyclic amines) is 2. The fourth-order valence-electron chi connectivity index (χ4n) is 5.48. The number of hydrogen-bond acceptors (Lipinski definition) is 5. The molecule has 0 saturated carbocycles. The molecule has 1 aromatic heterocycles. The standard InChI is InChI=1S/C25H33N5O3/c1-28-10-7-23(27-28)25(32)30-15-20-13-29(14-21(20)16-30)11-8-22(18-5-3-2-4-6-18)26-24(31)19-9-12-33-17-19/h2-7,10,19-22H,8-9,11-17H2,1H3,(H,26,31)/t19?,20-,21?,22?/m0/s1. The van der Waals surface area contributed by atoms with Crippen molar-refractivity contribution in [2.45, 2.75) is 18.9 Å². The van der Waals surface area contributed by atoms with Gasteiger partial charge in [-0.15, -0.1) is 0 Å². The molecule has 4 atom stereocenters. The monoisotopic (exact) mass is 451 g/mol. The van der Waals surface area contributed by atoms with E-state index in [1.807, 2.05) is 36.3 Å². The SMILES string of the molecule is Cn1ccc(C(=O)N2CC3CN(CCC(NC(=O)C4CCOC4)c4ccccc4)C[C@H]3C2)n1. The molecule has 5 rings (SSSR count). The quantitative estimate of drug-likeness (QED) is 0.693. The third-order valence-electron chi connectivity index (χ3n) is 7.33. The summed E-state index contributed by atoms with van der Waals surface area (Å²) in [4.78, 5) is 30.0. The number of hydrogen-bond donors (Lipinski definition) is 1. The van der Waals surface area contributed by atoms with Gasteiger partial charge in [-0.1, -0.05) is 30.3 Å². The van der Waals surface area contributed by atoms with E-state index >= 15 is 0 Å². The van der Waals surface area contributed by atoms with E-state index in [4.69, 9.17) is 4.74 Å². The van der Waals surface area contributed by atoms with Gasteiger partial charge in [0, 0.05) is 52.6 Å². The number of fused-ring (bicyclic) bond motifs is 1. The third-order valence-corrected chi connectivity index (χ3v) is 7.33. The van der Waals surface area contributed by atoms with Gasteiger partial charge in [-0.25, -0.2) is 0 Å². The zero-order chi connectivity index (χ0) is 22.8. The van der Waals surface area contributed by atoms with Crippen LogP contribution in [0.5, 0.6) is 0 Å².